The van der Waals surface area contributed by atoms with Crippen molar-refractivity contribution in [3.63, 3.8) is 0 Å². The van der Waals surface area contributed by atoms with Gasteiger partial charge < -0.3 is 5.32 Å². The Balaban J connectivity index is 1.90. The Hall–Kier alpha value is -1.99. The van der Waals surface area contributed by atoms with Crippen molar-refractivity contribution in [1.82, 2.24) is 9.97 Å². The van der Waals surface area contributed by atoms with Gasteiger partial charge in [0.15, 0.2) is 9.84 Å². The quantitative estimate of drug-likeness (QED) is 0.679. The lowest BCUT2D eigenvalue weighted by Gasteiger charge is -2.16. The third-order valence-electron chi connectivity index (χ3n) is 3.85. The standard InChI is InChI=1S/C18H18BrN3O2S/c1-12(8-13-4-3-5-14(19)9-13)22-18-16-10-15(25(2,23)24)6-7-17(16)20-11-21-18/h3-7,9-12H,8H2,1-2H3,(H,20,21,22). The molecule has 5 nitrogen and oxygen atoms in total. The second-order valence-corrected chi connectivity index (χ2v) is 8.98. The molecule has 0 aliphatic rings. The zero-order chi connectivity index (χ0) is 18.0. The van der Waals surface area contributed by atoms with Gasteiger partial charge in [-0.25, -0.2) is 18.4 Å². The molecule has 7 heteroatoms. The van der Waals surface area contributed by atoms with Crippen LogP contribution >= 0.6 is 15.9 Å². The number of benzene rings is 2. The highest BCUT2D eigenvalue weighted by Crippen LogP contribution is 2.24. The van der Waals surface area contributed by atoms with Crippen LogP contribution in [0.4, 0.5) is 5.82 Å². The zero-order valence-electron chi connectivity index (χ0n) is 13.9. The maximum Gasteiger partial charge on any atom is 0.175 e. The third-order valence-corrected chi connectivity index (χ3v) is 5.45. The molecule has 0 aliphatic carbocycles. The minimum absolute atomic E-state index is 0.120. The highest BCUT2D eigenvalue weighted by molar-refractivity contribution is 9.10. The number of aromatic nitrogens is 2. The Morgan fingerprint density at radius 2 is 1.96 bits per heavy atom. The molecule has 3 aromatic rings. The molecule has 0 amide bonds. The molecule has 1 unspecified atom stereocenters. The number of anilines is 1. The fourth-order valence-corrected chi connectivity index (χ4v) is 3.78. The van der Waals surface area contributed by atoms with Crippen LogP contribution in [0.1, 0.15) is 12.5 Å². The second kappa shape index (κ2) is 7.09. The Morgan fingerprint density at radius 1 is 1.16 bits per heavy atom. The third kappa shape index (κ3) is 4.35. The van der Waals surface area contributed by atoms with Crippen molar-refractivity contribution < 1.29 is 8.42 Å². The molecule has 1 aromatic heterocycles. The van der Waals surface area contributed by atoms with Crippen LogP contribution in [0.25, 0.3) is 10.9 Å². The van der Waals surface area contributed by atoms with Crippen LogP contribution in [-0.2, 0) is 16.3 Å². The van der Waals surface area contributed by atoms with Crippen molar-refractivity contribution in [3.05, 3.63) is 58.8 Å². The average Bonchev–Trinajstić information content (AvgIpc) is 2.54. The molecule has 25 heavy (non-hydrogen) atoms. The van der Waals surface area contributed by atoms with Gasteiger partial charge in [-0.1, -0.05) is 28.1 Å². The Morgan fingerprint density at radius 3 is 2.68 bits per heavy atom. The predicted molar refractivity (Wildman–Crippen MR) is 104 cm³/mol. The Bertz CT molecular complexity index is 1020. The fourth-order valence-electron chi connectivity index (χ4n) is 2.68. The summed E-state index contributed by atoms with van der Waals surface area (Å²) in [6.45, 7) is 2.06. The second-order valence-electron chi connectivity index (χ2n) is 6.05. The smallest absolute Gasteiger partial charge is 0.175 e. The number of hydrogen-bond acceptors (Lipinski definition) is 5. The fraction of sp³-hybridized carbons (Fsp3) is 0.222. The summed E-state index contributed by atoms with van der Waals surface area (Å²) in [6, 6.07) is 13.2. The number of nitrogens with zero attached hydrogens (tertiary/aromatic N) is 2. The number of rotatable bonds is 5. The van der Waals surface area contributed by atoms with Crippen molar-refractivity contribution in [2.24, 2.45) is 0 Å². The first-order valence-corrected chi connectivity index (χ1v) is 10.5. The van der Waals surface area contributed by atoms with Gasteiger partial charge in [-0.05, 0) is 49.2 Å². The first-order valence-electron chi connectivity index (χ1n) is 7.79. The Labute approximate surface area is 155 Å². The summed E-state index contributed by atoms with van der Waals surface area (Å²) in [5.74, 6) is 0.637. The van der Waals surface area contributed by atoms with E-state index in [-0.39, 0.29) is 10.9 Å². The van der Waals surface area contributed by atoms with E-state index in [0.29, 0.717) is 16.7 Å². The molecule has 0 bridgehead atoms. The lowest BCUT2D eigenvalue weighted by Crippen LogP contribution is -2.19. The number of nitrogens with one attached hydrogen (secondary N) is 1. The van der Waals surface area contributed by atoms with Gasteiger partial charge in [0, 0.05) is 22.2 Å². The molecule has 0 saturated heterocycles. The summed E-state index contributed by atoms with van der Waals surface area (Å²) >= 11 is 3.48. The first kappa shape index (κ1) is 17.8. The van der Waals surface area contributed by atoms with E-state index >= 15 is 0 Å². The molecule has 1 heterocycles. The van der Waals surface area contributed by atoms with Crippen LogP contribution in [0.5, 0.6) is 0 Å². The highest BCUT2D eigenvalue weighted by atomic mass is 79.9. The number of hydrogen-bond donors (Lipinski definition) is 1. The first-order chi connectivity index (χ1) is 11.8. The van der Waals surface area contributed by atoms with E-state index in [0.717, 1.165) is 10.9 Å². The van der Waals surface area contributed by atoms with E-state index in [4.69, 9.17) is 0 Å². The zero-order valence-corrected chi connectivity index (χ0v) is 16.3. The summed E-state index contributed by atoms with van der Waals surface area (Å²) in [5, 5.41) is 4.07. The lowest BCUT2D eigenvalue weighted by atomic mass is 10.1. The SMILES string of the molecule is CC(Cc1cccc(Br)c1)Nc1ncnc2ccc(S(C)(=O)=O)cc12. The van der Waals surface area contributed by atoms with Crippen molar-refractivity contribution >= 4 is 42.5 Å². The molecule has 130 valence electrons. The minimum Gasteiger partial charge on any atom is -0.367 e. The molecule has 2 aromatic carbocycles. The summed E-state index contributed by atoms with van der Waals surface area (Å²) < 4.78 is 24.7. The van der Waals surface area contributed by atoms with Crippen LogP contribution in [0, 0.1) is 0 Å². The maximum atomic E-state index is 11.8. The van der Waals surface area contributed by atoms with Gasteiger partial charge in [0.25, 0.3) is 0 Å². The van der Waals surface area contributed by atoms with Gasteiger partial charge in [-0.3, -0.25) is 0 Å². The van der Waals surface area contributed by atoms with Crippen LogP contribution < -0.4 is 5.32 Å². The van der Waals surface area contributed by atoms with Gasteiger partial charge in [0.1, 0.15) is 12.1 Å². The topological polar surface area (TPSA) is 72.0 Å². The van der Waals surface area contributed by atoms with E-state index < -0.39 is 9.84 Å². The molecule has 0 fully saturated rings. The number of sulfone groups is 1. The summed E-state index contributed by atoms with van der Waals surface area (Å²) in [4.78, 5) is 8.78. The normalized spacial score (nSPS) is 12.9. The molecule has 0 saturated carbocycles. The molecular formula is C18H18BrN3O2S. The molecule has 1 atom stereocenters. The van der Waals surface area contributed by atoms with Crippen LogP contribution in [0.15, 0.2) is 58.2 Å². The lowest BCUT2D eigenvalue weighted by molar-refractivity contribution is 0.602. The van der Waals surface area contributed by atoms with E-state index in [9.17, 15) is 8.42 Å². The van der Waals surface area contributed by atoms with E-state index in [1.54, 1.807) is 18.2 Å². The van der Waals surface area contributed by atoms with E-state index in [1.165, 1.54) is 18.1 Å². The monoisotopic (exact) mass is 419 g/mol. The molecule has 3 rings (SSSR count). The maximum absolute atomic E-state index is 11.8. The van der Waals surface area contributed by atoms with Crippen LogP contribution in [0.2, 0.25) is 0 Å². The number of halogens is 1. The van der Waals surface area contributed by atoms with Gasteiger partial charge in [-0.2, -0.15) is 0 Å². The summed E-state index contributed by atoms with van der Waals surface area (Å²) in [7, 11) is -3.28. The van der Waals surface area contributed by atoms with Gasteiger partial charge in [0.05, 0.1) is 10.4 Å². The van der Waals surface area contributed by atoms with Gasteiger partial charge >= 0.3 is 0 Å². The minimum atomic E-state index is -3.28. The highest BCUT2D eigenvalue weighted by Gasteiger charge is 2.13. The van der Waals surface area contributed by atoms with E-state index in [1.807, 2.05) is 12.1 Å². The molecule has 0 aliphatic heterocycles. The Kier molecular flexibility index (Phi) is 5.06. The number of fused-ring (bicyclic) bond motifs is 1. The van der Waals surface area contributed by atoms with Crippen molar-refractivity contribution in [2.75, 3.05) is 11.6 Å². The summed E-state index contributed by atoms with van der Waals surface area (Å²) in [5.41, 5.74) is 1.91. The largest absolute Gasteiger partial charge is 0.367 e. The predicted octanol–water partition coefficient (Wildman–Crippen LogP) is 3.84. The van der Waals surface area contributed by atoms with Crippen molar-refractivity contribution in [1.29, 1.82) is 0 Å². The molecule has 1 N–H and O–H groups in total. The molecule has 0 radical (unpaired) electrons. The van der Waals surface area contributed by atoms with Gasteiger partial charge in [-0.15, -0.1) is 0 Å². The molecule has 0 spiro atoms. The molecular weight excluding hydrogens is 402 g/mol. The van der Waals surface area contributed by atoms with Crippen molar-refractivity contribution in [2.45, 2.75) is 24.3 Å². The van der Waals surface area contributed by atoms with Crippen LogP contribution in [-0.4, -0.2) is 30.7 Å². The van der Waals surface area contributed by atoms with Gasteiger partial charge in [0.2, 0.25) is 0 Å². The van der Waals surface area contributed by atoms with Crippen molar-refractivity contribution in [3.8, 4) is 0 Å². The summed E-state index contributed by atoms with van der Waals surface area (Å²) in [6.07, 6.45) is 3.49. The van der Waals surface area contributed by atoms with E-state index in [2.05, 4.69) is 50.3 Å². The average molecular weight is 420 g/mol. The van der Waals surface area contributed by atoms with Crippen LogP contribution in [0.3, 0.4) is 0 Å².